The van der Waals surface area contributed by atoms with E-state index in [0.29, 0.717) is 42.8 Å². The first-order valence-electron chi connectivity index (χ1n) is 8.97. The molecule has 2 rings (SSSR count). The van der Waals surface area contributed by atoms with Crippen LogP contribution in [-0.4, -0.2) is 51.6 Å². The van der Waals surface area contributed by atoms with Crippen LogP contribution in [0.1, 0.15) is 25.3 Å². The minimum atomic E-state index is -3.00. The highest BCUT2D eigenvalue weighted by atomic mass is 35.5. The standard InChI is InChI=1S/C18H25Cl2F2N3O3/c1-3-23-17(25-11-18(26-2)4-6-27-7-5-18)24-10-12-8-13(19)9-14(20)15(12)28-16(21)22/h8-9,16H,3-7,10-11H2,1-2H3,(H2,23,24,25). The molecule has 0 atom stereocenters. The number of nitrogens with one attached hydrogen (secondary N) is 2. The van der Waals surface area contributed by atoms with E-state index < -0.39 is 6.61 Å². The van der Waals surface area contributed by atoms with E-state index in [1.54, 1.807) is 7.11 Å². The number of ether oxygens (including phenoxy) is 3. The molecule has 2 N–H and O–H groups in total. The fraction of sp³-hybridized carbons (Fsp3) is 0.611. The van der Waals surface area contributed by atoms with Crippen molar-refractivity contribution in [1.82, 2.24) is 10.6 Å². The van der Waals surface area contributed by atoms with Crippen molar-refractivity contribution in [2.75, 3.05) is 33.4 Å². The molecule has 0 saturated carbocycles. The summed E-state index contributed by atoms with van der Waals surface area (Å²) in [7, 11) is 1.68. The molecule has 1 saturated heterocycles. The van der Waals surface area contributed by atoms with Gasteiger partial charge >= 0.3 is 6.61 Å². The predicted molar refractivity (Wildman–Crippen MR) is 106 cm³/mol. The summed E-state index contributed by atoms with van der Waals surface area (Å²) < 4.78 is 41.1. The monoisotopic (exact) mass is 439 g/mol. The molecule has 0 radical (unpaired) electrons. The van der Waals surface area contributed by atoms with Gasteiger partial charge in [0, 0.05) is 56.8 Å². The summed E-state index contributed by atoms with van der Waals surface area (Å²) in [5.74, 6) is 0.392. The van der Waals surface area contributed by atoms with Gasteiger partial charge in [-0.05, 0) is 19.1 Å². The lowest BCUT2D eigenvalue weighted by Crippen LogP contribution is -2.50. The fourth-order valence-corrected chi connectivity index (χ4v) is 3.48. The molecule has 0 amide bonds. The van der Waals surface area contributed by atoms with Crippen LogP contribution in [-0.2, 0) is 16.0 Å². The Labute approximate surface area is 173 Å². The van der Waals surface area contributed by atoms with Crippen LogP contribution in [0.3, 0.4) is 0 Å². The second-order valence-corrected chi connectivity index (χ2v) is 7.15. The predicted octanol–water partition coefficient (Wildman–Crippen LogP) is 3.85. The Morgan fingerprint density at radius 1 is 1.29 bits per heavy atom. The minimum absolute atomic E-state index is 0.0106. The molecule has 6 nitrogen and oxygen atoms in total. The third kappa shape index (κ3) is 6.62. The normalized spacial score (nSPS) is 16.9. The first-order chi connectivity index (χ1) is 13.4. The molecule has 1 aliphatic heterocycles. The van der Waals surface area contributed by atoms with E-state index >= 15 is 0 Å². The van der Waals surface area contributed by atoms with Crippen molar-refractivity contribution in [3.05, 3.63) is 27.7 Å². The van der Waals surface area contributed by atoms with Crippen LogP contribution >= 0.6 is 23.2 Å². The van der Waals surface area contributed by atoms with Gasteiger partial charge in [0.05, 0.1) is 17.2 Å². The van der Waals surface area contributed by atoms with Gasteiger partial charge in [0.15, 0.2) is 5.96 Å². The highest BCUT2D eigenvalue weighted by Gasteiger charge is 2.32. The van der Waals surface area contributed by atoms with Crippen LogP contribution in [0.4, 0.5) is 8.78 Å². The average Bonchev–Trinajstić information content (AvgIpc) is 2.67. The number of guanidine groups is 1. The molecule has 1 aromatic rings. The lowest BCUT2D eigenvalue weighted by molar-refractivity contribution is -0.0855. The molecule has 10 heteroatoms. The van der Waals surface area contributed by atoms with Gasteiger partial charge in [-0.3, -0.25) is 0 Å². The van der Waals surface area contributed by atoms with Crippen molar-refractivity contribution < 1.29 is 23.0 Å². The first-order valence-corrected chi connectivity index (χ1v) is 9.72. The number of alkyl halides is 2. The highest BCUT2D eigenvalue weighted by molar-refractivity contribution is 6.35. The molecule has 0 aromatic heterocycles. The molecule has 1 aliphatic rings. The number of halogens is 4. The van der Waals surface area contributed by atoms with Gasteiger partial charge in [-0.25, -0.2) is 4.99 Å². The maximum atomic E-state index is 12.7. The maximum Gasteiger partial charge on any atom is 0.387 e. The van der Waals surface area contributed by atoms with Crippen LogP contribution in [0, 0.1) is 0 Å². The maximum absolute atomic E-state index is 12.7. The number of hydrogen-bond acceptors (Lipinski definition) is 4. The Kier molecular flexibility index (Phi) is 9.01. The summed E-state index contributed by atoms with van der Waals surface area (Å²) in [5.41, 5.74) is 0.0279. The number of aliphatic imine (C=N–C) groups is 1. The SMILES string of the molecule is CCNC(=NCc1cc(Cl)cc(Cl)c1OC(F)F)NCC1(OC)CCOCC1. The second-order valence-electron chi connectivity index (χ2n) is 6.30. The highest BCUT2D eigenvalue weighted by Crippen LogP contribution is 2.34. The smallest absolute Gasteiger partial charge is 0.387 e. The Morgan fingerprint density at radius 2 is 2.00 bits per heavy atom. The van der Waals surface area contributed by atoms with E-state index in [4.69, 9.17) is 32.7 Å². The summed E-state index contributed by atoms with van der Waals surface area (Å²) >= 11 is 12.0. The Bertz CT molecular complexity index is 672. The van der Waals surface area contributed by atoms with Crippen molar-refractivity contribution in [2.24, 2.45) is 4.99 Å². The van der Waals surface area contributed by atoms with Gasteiger partial charge in [-0.1, -0.05) is 23.2 Å². The van der Waals surface area contributed by atoms with Crippen LogP contribution in [0.25, 0.3) is 0 Å². The van der Waals surface area contributed by atoms with Crippen LogP contribution < -0.4 is 15.4 Å². The van der Waals surface area contributed by atoms with Gasteiger partial charge in [-0.15, -0.1) is 0 Å². The molecule has 0 bridgehead atoms. The molecule has 1 aromatic carbocycles. The molecule has 1 heterocycles. The third-order valence-corrected chi connectivity index (χ3v) is 4.96. The second kappa shape index (κ2) is 11.0. The van der Waals surface area contributed by atoms with Gasteiger partial charge in [0.2, 0.25) is 0 Å². The summed E-state index contributed by atoms with van der Waals surface area (Å²) in [6.07, 6.45) is 1.54. The number of nitrogens with zero attached hydrogens (tertiary/aromatic N) is 1. The van der Waals surface area contributed by atoms with E-state index in [2.05, 4.69) is 20.4 Å². The van der Waals surface area contributed by atoms with E-state index in [9.17, 15) is 8.78 Å². The van der Waals surface area contributed by atoms with Gasteiger partial charge in [-0.2, -0.15) is 8.78 Å². The fourth-order valence-electron chi connectivity index (χ4n) is 2.90. The molecule has 0 unspecified atom stereocenters. The zero-order chi connectivity index (χ0) is 20.6. The van der Waals surface area contributed by atoms with Crippen molar-refractivity contribution >= 4 is 29.2 Å². The molecule has 0 spiro atoms. The van der Waals surface area contributed by atoms with Crippen molar-refractivity contribution in [1.29, 1.82) is 0 Å². The van der Waals surface area contributed by atoms with Crippen LogP contribution in [0.5, 0.6) is 5.75 Å². The zero-order valence-corrected chi connectivity index (χ0v) is 17.4. The molecule has 0 aliphatic carbocycles. The summed E-state index contributed by atoms with van der Waals surface area (Å²) in [6, 6.07) is 2.86. The average molecular weight is 440 g/mol. The number of methoxy groups -OCH3 is 1. The Balaban J connectivity index is 2.13. The van der Waals surface area contributed by atoms with Crippen LogP contribution in [0.2, 0.25) is 10.0 Å². The summed E-state index contributed by atoms with van der Waals surface area (Å²) in [5, 5.41) is 6.69. The van der Waals surface area contributed by atoms with Gasteiger partial charge in [0.1, 0.15) is 5.75 Å². The first kappa shape index (κ1) is 22.9. The number of hydrogen-bond donors (Lipinski definition) is 2. The quantitative estimate of drug-likeness (QED) is 0.475. The third-order valence-electron chi connectivity index (χ3n) is 4.46. The zero-order valence-electron chi connectivity index (χ0n) is 15.9. The van der Waals surface area contributed by atoms with Gasteiger partial charge in [0.25, 0.3) is 0 Å². The number of rotatable bonds is 8. The van der Waals surface area contributed by atoms with Crippen LogP contribution in [0.15, 0.2) is 17.1 Å². The van der Waals surface area contributed by atoms with E-state index in [1.807, 2.05) is 6.92 Å². The lowest BCUT2D eigenvalue weighted by Gasteiger charge is -2.36. The number of benzene rings is 1. The summed E-state index contributed by atoms with van der Waals surface area (Å²) in [6.45, 7) is 1.43. The van der Waals surface area contributed by atoms with Crippen molar-refractivity contribution in [3.63, 3.8) is 0 Å². The van der Waals surface area contributed by atoms with E-state index in [-0.39, 0.29) is 22.9 Å². The molecule has 1 fully saturated rings. The van der Waals surface area contributed by atoms with Gasteiger partial charge < -0.3 is 24.8 Å². The molecule has 28 heavy (non-hydrogen) atoms. The minimum Gasteiger partial charge on any atom is -0.433 e. The molecule has 158 valence electrons. The van der Waals surface area contributed by atoms with E-state index in [1.165, 1.54) is 12.1 Å². The Morgan fingerprint density at radius 3 is 2.61 bits per heavy atom. The molecular formula is C18H25Cl2F2N3O3. The lowest BCUT2D eigenvalue weighted by atomic mass is 9.94. The van der Waals surface area contributed by atoms with Crippen molar-refractivity contribution in [3.8, 4) is 5.75 Å². The topological polar surface area (TPSA) is 64.1 Å². The van der Waals surface area contributed by atoms with Crippen molar-refractivity contribution in [2.45, 2.75) is 38.5 Å². The largest absolute Gasteiger partial charge is 0.433 e. The molecular weight excluding hydrogens is 415 g/mol. The summed E-state index contributed by atoms with van der Waals surface area (Å²) in [4.78, 5) is 4.45. The van der Waals surface area contributed by atoms with E-state index in [0.717, 1.165) is 12.8 Å². The Hall–Kier alpha value is -1.35.